The maximum Gasteiger partial charge on any atom is 0.342 e. The highest BCUT2D eigenvalue weighted by molar-refractivity contribution is 9.10. The van der Waals surface area contributed by atoms with E-state index >= 15 is 0 Å². The number of carbonyl (C=O) groups excluding carboxylic acids is 1. The van der Waals surface area contributed by atoms with Crippen LogP contribution in [0.4, 0.5) is 0 Å². The lowest BCUT2D eigenvalue weighted by Crippen LogP contribution is -2.08. The number of ether oxygens (including phenoxy) is 2. The molecule has 0 radical (unpaired) electrons. The van der Waals surface area contributed by atoms with Crippen molar-refractivity contribution in [2.45, 2.75) is 13.8 Å². The Hall–Kier alpha value is -1.03. The molecule has 0 saturated carbocycles. The summed E-state index contributed by atoms with van der Waals surface area (Å²) in [6.45, 7) is 3.98. The summed E-state index contributed by atoms with van der Waals surface area (Å²) in [4.78, 5) is 11.6. The molecule has 0 N–H and O–H groups in total. The number of carbonyl (C=O) groups is 1. The van der Waals surface area contributed by atoms with E-state index in [2.05, 4.69) is 15.9 Å². The summed E-state index contributed by atoms with van der Waals surface area (Å²) in [5.41, 5.74) is 1.32. The molecule has 0 saturated heterocycles. The van der Waals surface area contributed by atoms with Gasteiger partial charge in [0, 0.05) is 4.47 Å². The summed E-state index contributed by atoms with van der Waals surface area (Å²) < 4.78 is 11.0. The zero-order valence-electron chi connectivity index (χ0n) is 8.96. The highest BCUT2D eigenvalue weighted by Crippen LogP contribution is 2.27. The number of hydrogen-bond donors (Lipinski definition) is 0. The third-order valence-corrected chi connectivity index (χ3v) is 2.42. The van der Waals surface area contributed by atoms with E-state index in [9.17, 15) is 4.79 Å². The van der Waals surface area contributed by atoms with Crippen LogP contribution in [0.1, 0.15) is 22.8 Å². The second-order valence-electron chi connectivity index (χ2n) is 3.02. The summed E-state index contributed by atoms with van der Waals surface area (Å²) in [7, 11) is 1.53. The standard InChI is InChI=1S/C11H13BrO3/c1-4-15-11(13)10-7(2)5-8(12)6-9(10)14-3/h5-6H,4H2,1-3H3. The lowest BCUT2D eigenvalue weighted by atomic mass is 10.1. The Kier molecular flexibility index (Phi) is 4.15. The monoisotopic (exact) mass is 272 g/mol. The van der Waals surface area contributed by atoms with Gasteiger partial charge in [0.05, 0.1) is 13.7 Å². The lowest BCUT2D eigenvalue weighted by molar-refractivity contribution is 0.0522. The number of methoxy groups -OCH3 is 1. The van der Waals surface area contributed by atoms with Gasteiger partial charge >= 0.3 is 5.97 Å². The number of benzene rings is 1. The second kappa shape index (κ2) is 5.16. The highest BCUT2D eigenvalue weighted by Gasteiger charge is 2.16. The van der Waals surface area contributed by atoms with Gasteiger partial charge in [0.1, 0.15) is 11.3 Å². The number of halogens is 1. The fourth-order valence-electron chi connectivity index (χ4n) is 1.34. The molecule has 0 aromatic heterocycles. The third kappa shape index (κ3) is 2.72. The Labute approximate surface area is 97.5 Å². The van der Waals surface area contributed by atoms with Crippen LogP contribution in [0.2, 0.25) is 0 Å². The van der Waals surface area contributed by atoms with Gasteiger partial charge in [-0.3, -0.25) is 0 Å². The van der Waals surface area contributed by atoms with Gasteiger partial charge in [-0.05, 0) is 31.5 Å². The second-order valence-corrected chi connectivity index (χ2v) is 3.94. The van der Waals surface area contributed by atoms with Gasteiger partial charge in [-0.1, -0.05) is 15.9 Å². The van der Waals surface area contributed by atoms with E-state index < -0.39 is 0 Å². The first-order valence-corrected chi connectivity index (χ1v) is 5.40. The number of rotatable bonds is 3. The first-order chi connectivity index (χ1) is 7.10. The van der Waals surface area contributed by atoms with Crippen molar-refractivity contribution < 1.29 is 14.3 Å². The molecule has 82 valence electrons. The molecule has 0 fully saturated rings. The normalized spacial score (nSPS) is 9.87. The Bertz CT molecular complexity index is 374. The summed E-state index contributed by atoms with van der Waals surface area (Å²) >= 11 is 3.34. The van der Waals surface area contributed by atoms with Gasteiger partial charge in [-0.25, -0.2) is 4.79 Å². The van der Waals surface area contributed by atoms with E-state index in [0.29, 0.717) is 17.9 Å². The van der Waals surface area contributed by atoms with Crippen LogP contribution in [0.5, 0.6) is 5.75 Å². The molecule has 0 amide bonds. The first kappa shape index (κ1) is 12.0. The zero-order valence-corrected chi connectivity index (χ0v) is 10.6. The molecule has 15 heavy (non-hydrogen) atoms. The van der Waals surface area contributed by atoms with Gasteiger partial charge in [0.15, 0.2) is 0 Å². The van der Waals surface area contributed by atoms with Gasteiger partial charge in [0.2, 0.25) is 0 Å². The minimum atomic E-state index is -0.348. The first-order valence-electron chi connectivity index (χ1n) is 4.61. The highest BCUT2D eigenvalue weighted by atomic mass is 79.9. The fraction of sp³-hybridized carbons (Fsp3) is 0.364. The van der Waals surface area contributed by atoms with Crippen LogP contribution in [-0.2, 0) is 4.74 Å². The molecular formula is C11H13BrO3. The van der Waals surface area contributed by atoms with Gasteiger partial charge < -0.3 is 9.47 Å². The van der Waals surface area contributed by atoms with E-state index in [-0.39, 0.29) is 5.97 Å². The van der Waals surface area contributed by atoms with E-state index in [4.69, 9.17) is 9.47 Å². The van der Waals surface area contributed by atoms with Crippen molar-refractivity contribution in [1.82, 2.24) is 0 Å². The minimum Gasteiger partial charge on any atom is -0.496 e. The van der Waals surface area contributed by atoms with Gasteiger partial charge in [0.25, 0.3) is 0 Å². The summed E-state index contributed by atoms with van der Waals surface area (Å²) in [6, 6.07) is 3.61. The Morgan fingerprint density at radius 1 is 1.47 bits per heavy atom. The summed E-state index contributed by atoms with van der Waals surface area (Å²) in [5.74, 6) is 0.180. The summed E-state index contributed by atoms with van der Waals surface area (Å²) in [6.07, 6.45) is 0. The molecule has 1 aromatic carbocycles. The van der Waals surface area contributed by atoms with Crippen molar-refractivity contribution in [2.75, 3.05) is 13.7 Å². The van der Waals surface area contributed by atoms with Crippen LogP contribution >= 0.6 is 15.9 Å². The Balaban J connectivity index is 3.20. The topological polar surface area (TPSA) is 35.5 Å². The molecule has 4 heteroatoms. The van der Waals surface area contributed by atoms with E-state index in [1.54, 1.807) is 13.0 Å². The van der Waals surface area contributed by atoms with Crippen LogP contribution in [0.3, 0.4) is 0 Å². The van der Waals surface area contributed by atoms with E-state index in [1.807, 2.05) is 13.0 Å². The third-order valence-electron chi connectivity index (χ3n) is 1.96. The Morgan fingerprint density at radius 3 is 2.67 bits per heavy atom. The molecule has 0 aliphatic heterocycles. The van der Waals surface area contributed by atoms with E-state index in [0.717, 1.165) is 10.0 Å². The molecule has 0 spiro atoms. The average molecular weight is 273 g/mol. The lowest BCUT2D eigenvalue weighted by Gasteiger charge is -2.11. The molecule has 1 aromatic rings. The van der Waals surface area contributed by atoms with Crippen LogP contribution in [-0.4, -0.2) is 19.7 Å². The molecule has 1 rings (SSSR count). The number of hydrogen-bond acceptors (Lipinski definition) is 3. The summed E-state index contributed by atoms with van der Waals surface area (Å²) in [5, 5.41) is 0. The largest absolute Gasteiger partial charge is 0.496 e. The van der Waals surface area contributed by atoms with Crippen molar-refractivity contribution in [3.8, 4) is 5.75 Å². The van der Waals surface area contributed by atoms with Gasteiger partial charge in [-0.15, -0.1) is 0 Å². The van der Waals surface area contributed by atoms with Crippen molar-refractivity contribution in [3.63, 3.8) is 0 Å². The van der Waals surface area contributed by atoms with Crippen molar-refractivity contribution >= 4 is 21.9 Å². The predicted octanol–water partition coefficient (Wildman–Crippen LogP) is 2.94. The quantitative estimate of drug-likeness (QED) is 0.794. The molecule has 0 heterocycles. The molecule has 0 aliphatic rings. The average Bonchev–Trinajstić information content (AvgIpc) is 2.16. The fourth-order valence-corrected chi connectivity index (χ4v) is 1.89. The SMILES string of the molecule is CCOC(=O)c1c(C)cc(Br)cc1OC. The van der Waals surface area contributed by atoms with Crippen LogP contribution in [0, 0.1) is 6.92 Å². The number of aryl methyl sites for hydroxylation is 1. The van der Waals surface area contributed by atoms with Crippen molar-refractivity contribution in [2.24, 2.45) is 0 Å². The van der Waals surface area contributed by atoms with Crippen molar-refractivity contribution in [3.05, 3.63) is 27.7 Å². The van der Waals surface area contributed by atoms with Crippen LogP contribution < -0.4 is 4.74 Å². The van der Waals surface area contributed by atoms with Crippen LogP contribution in [0.25, 0.3) is 0 Å². The Morgan fingerprint density at radius 2 is 2.13 bits per heavy atom. The molecule has 0 bridgehead atoms. The molecule has 0 unspecified atom stereocenters. The molecule has 3 nitrogen and oxygen atoms in total. The molecular weight excluding hydrogens is 260 g/mol. The van der Waals surface area contributed by atoms with Crippen LogP contribution in [0.15, 0.2) is 16.6 Å². The van der Waals surface area contributed by atoms with E-state index in [1.165, 1.54) is 7.11 Å². The zero-order chi connectivity index (χ0) is 11.4. The minimum absolute atomic E-state index is 0.348. The number of esters is 1. The smallest absolute Gasteiger partial charge is 0.342 e. The predicted molar refractivity (Wildman–Crippen MR) is 61.4 cm³/mol. The maximum absolute atomic E-state index is 11.6. The van der Waals surface area contributed by atoms with Crippen molar-refractivity contribution in [1.29, 1.82) is 0 Å². The molecule has 0 aliphatic carbocycles. The van der Waals surface area contributed by atoms with Gasteiger partial charge in [-0.2, -0.15) is 0 Å². The maximum atomic E-state index is 11.6. The molecule has 0 atom stereocenters.